The van der Waals surface area contributed by atoms with E-state index >= 15 is 0 Å². The van der Waals surface area contributed by atoms with Crippen LogP contribution in [0.1, 0.15) is 13.8 Å². The molecule has 0 aliphatic heterocycles. The molecule has 0 aromatic heterocycles. The standard InChI is InChI=1S/C63H124O31/c1-62(2)61-63(65)94-60-59-93-58-57-92-56-55-91-54-53-90-52-51-89-50-49-88-48-47-87-46-45-86-44-43-85-42-41-84-40-39-83-38-37-82-36-35-81-34-33-80-32-31-79-30-29-78-28-27-77-26-25-76-24-23-75-22-21-74-20-19-73-18-17-72-16-15-71-14-13-70-12-11-69-10-9-68-8-7-67-6-5-66-4-3-64/h61,64H,3-60H2,1-2H3. The first-order valence-electron chi connectivity index (χ1n) is 33.3. The van der Waals surface area contributed by atoms with E-state index in [0.717, 1.165) is 5.57 Å². The summed E-state index contributed by atoms with van der Waals surface area (Å²) in [4.78, 5) is 11.4. The molecule has 0 saturated carbocycles. The molecule has 0 fully saturated rings. The number of carbonyl (C=O) groups excluding carboxylic acids is 1. The lowest BCUT2D eigenvalue weighted by Gasteiger charge is -2.09. The summed E-state index contributed by atoms with van der Waals surface area (Å²) < 4.78 is 158. The van der Waals surface area contributed by atoms with Gasteiger partial charge in [0.15, 0.2) is 0 Å². The maximum atomic E-state index is 11.4. The zero-order valence-electron chi connectivity index (χ0n) is 57.3. The normalized spacial score (nSPS) is 11.6. The second kappa shape index (κ2) is 87.1. The smallest absolute Gasteiger partial charge is 0.330 e. The second-order valence-corrected chi connectivity index (χ2v) is 19.3. The number of rotatable bonds is 87. The topological polar surface area (TPSA) is 305 Å². The molecule has 562 valence electrons. The zero-order chi connectivity index (χ0) is 67.4. The second-order valence-electron chi connectivity index (χ2n) is 19.3. The minimum absolute atomic E-state index is 0.0161. The molecule has 0 aromatic carbocycles. The molecule has 0 amide bonds. The van der Waals surface area contributed by atoms with E-state index in [0.29, 0.717) is 370 Å². The molecule has 0 radical (unpaired) electrons. The summed E-state index contributed by atoms with van der Waals surface area (Å²) in [6.07, 6.45) is 1.44. The molecule has 0 rings (SSSR count). The van der Waals surface area contributed by atoms with Crippen LogP contribution in [0.5, 0.6) is 0 Å². The molecule has 1 N–H and O–H groups in total. The van der Waals surface area contributed by atoms with Crippen molar-refractivity contribution in [1.82, 2.24) is 0 Å². The van der Waals surface area contributed by atoms with Gasteiger partial charge in [0.25, 0.3) is 0 Å². The highest BCUT2D eigenvalue weighted by Crippen LogP contribution is 1.94. The molecular formula is C63H124O31. The van der Waals surface area contributed by atoms with Gasteiger partial charge < -0.3 is 142 Å². The summed E-state index contributed by atoms with van der Waals surface area (Å²) >= 11 is 0. The summed E-state index contributed by atoms with van der Waals surface area (Å²) in [7, 11) is 0. The van der Waals surface area contributed by atoms with Gasteiger partial charge in [-0.2, -0.15) is 0 Å². The summed E-state index contributed by atoms with van der Waals surface area (Å²) in [5.74, 6) is -0.360. The highest BCUT2D eigenvalue weighted by atomic mass is 16.6. The molecule has 31 nitrogen and oxygen atoms in total. The van der Waals surface area contributed by atoms with Crippen LogP contribution in [-0.4, -0.2) is 394 Å². The Labute approximate surface area is 560 Å². The van der Waals surface area contributed by atoms with E-state index in [4.69, 9.17) is 142 Å². The molecule has 0 bridgehead atoms. The number of aliphatic hydroxyl groups is 1. The lowest BCUT2D eigenvalue weighted by Crippen LogP contribution is -2.16. The van der Waals surface area contributed by atoms with Crippen LogP contribution >= 0.6 is 0 Å². The van der Waals surface area contributed by atoms with Crippen LogP contribution in [-0.2, 0) is 142 Å². The van der Waals surface area contributed by atoms with Gasteiger partial charge in [-0.3, -0.25) is 0 Å². The Hall–Kier alpha value is -1.95. The number of ether oxygens (including phenoxy) is 29. The van der Waals surface area contributed by atoms with Crippen LogP contribution in [0.15, 0.2) is 11.6 Å². The highest BCUT2D eigenvalue weighted by Gasteiger charge is 2.03. The van der Waals surface area contributed by atoms with Gasteiger partial charge in [-0.05, 0) is 13.8 Å². The third-order valence-electron chi connectivity index (χ3n) is 11.2. The molecule has 0 saturated heterocycles. The SMILES string of the molecule is CC(C)=CC(=O)OCCOCCOCCOCCOCCOCCOCCOCCOCCOCCOCCOCCOCCOCCOCCOCCOCCOCCOCCOCCOCCOCCOCCOCCOCCOCCOCCOCCOCCO. The van der Waals surface area contributed by atoms with Gasteiger partial charge in [0.2, 0.25) is 0 Å². The number of hydrogen-bond acceptors (Lipinski definition) is 31. The van der Waals surface area contributed by atoms with Crippen molar-refractivity contribution >= 4 is 5.97 Å². The van der Waals surface area contributed by atoms with E-state index in [2.05, 4.69) is 0 Å². The maximum Gasteiger partial charge on any atom is 0.330 e. The average molecular weight is 1380 g/mol. The van der Waals surface area contributed by atoms with E-state index in [1.165, 1.54) is 6.08 Å². The number of esters is 1. The van der Waals surface area contributed by atoms with Crippen molar-refractivity contribution in [3.05, 3.63) is 11.6 Å². The molecule has 0 unspecified atom stereocenters. The van der Waals surface area contributed by atoms with E-state index in [1.807, 2.05) is 13.8 Å². The number of aliphatic hydroxyl groups excluding tert-OH is 1. The predicted molar refractivity (Wildman–Crippen MR) is 340 cm³/mol. The van der Waals surface area contributed by atoms with Crippen LogP contribution in [0.3, 0.4) is 0 Å². The third kappa shape index (κ3) is 88.1. The summed E-state index contributed by atoms with van der Waals surface area (Å²) in [5, 5.41) is 8.62. The minimum Gasteiger partial charge on any atom is -0.460 e. The van der Waals surface area contributed by atoms with Gasteiger partial charge >= 0.3 is 5.97 Å². The number of carbonyl (C=O) groups is 1. The van der Waals surface area contributed by atoms with Gasteiger partial charge in [0, 0.05) is 6.08 Å². The van der Waals surface area contributed by atoms with E-state index in [1.54, 1.807) is 0 Å². The summed E-state index contributed by atoms with van der Waals surface area (Å²) in [6.45, 7) is 30.4. The molecule has 0 atom stereocenters. The van der Waals surface area contributed by atoms with Crippen molar-refractivity contribution in [2.45, 2.75) is 13.8 Å². The van der Waals surface area contributed by atoms with E-state index in [-0.39, 0.29) is 19.2 Å². The number of allylic oxidation sites excluding steroid dienone is 1. The molecule has 0 spiro atoms. The van der Waals surface area contributed by atoms with E-state index in [9.17, 15) is 4.79 Å². The van der Waals surface area contributed by atoms with Crippen LogP contribution in [0.4, 0.5) is 0 Å². The quantitative estimate of drug-likeness (QED) is 0.0504. The fourth-order valence-corrected chi connectivity index (χ4v) is 6.58. The molecule has 94 heavy (non-hydrogen) atoms. The van der Waals surface area contributed by atoms with Gasteiger partial charge in [-0.25, -0.2) is 4.79 Å². The molecule has 31 heteroatoms. The van der Waals surface area contributed by atoms with Crippen molar-refractivity contribution in [3.63, 3.8) is 0 Å². The van der Waals surface area contributed by atoms with Crippen molar-refractivity contribution in [2.24, 2.45) is 0 Å². The predicted octanol–water partition coefficient (Wildman–Crippen LogP) is 0.953. The maximum absolute atomic E-state index is 11.4. The molecule has 0 aromatic rings. The van der Waals surface area contributed by atoms with Crippen molar-refractivity contribution < 1.29 is 147 Å². The van der Waals surface area contributed by atoms with Crippen molar-refractivity contribution in [3.8, 4) is 0 Å². The van der Waals surface area contributed by atoms with Crippen LogP contribution in [0.2, 0.25) is 0 Å². The van der Waals surface area contributed by atoms with Crippen molar-refractivity contribution in [1.29, 1.82) is 0 Å². The highest BCUT2D eigenvalue weighted by molar-refractivity contribution is 5.82. The van der Waals surface area contributed by atoms with Gasteiger partial charge in [0.05, 0.1) is 377 Å². The first-order valence-corrected chi connectivity index (χ1v) is 33.3. The Bertz CT molecular complexity index is 1420. The van der Waals surface area contributed by atoms with Crippen LogP contribution in [0.25, 0.3) is 0 Å². The summed E-state index contributed by atoms with van der Waals surface area (Å²) in [6, 6.07) is 0. The third-order valence-corrected chi connectivity index (χ3v) is 11.2. The number of hydrogen-bond donors (Lipinski definition) is 1. The molecule has 0 aliphatic carbocycles. The fraction of sp³-hybridized carbons (Fsp3) is 0.952. The van der Waals surface area contributed by atoms with E-state index < -0.39 is 0 Å². The summed E-state index contributed by atoms with van der Waals surface area (Å²) in [5.41, 5.74) is 0.892. The lowest BCUT2D eigenvalue weighted by molar-refractivity contribution is -0.139. The zero-order valence-corrected chi connectivity index (χ0v) is 57.3. The molecular weight excluding hydrogens is 1250 g/mol. The minimum atomic E-state index is -0.360. The first kappa shape index (κ1) is 92.1. The Morgan fingerprint density at radius 1 is 0.181 bits per heavy atom. The van der Waals surface area contributed by atoms with Gasteiger partial charge in [-0.1, -0.05) is 5.57 Å². The molecule has 0 heterocycles. The van der Waals surface area contributed by atoms with Crippen molar-refractivity contribution in [2.75, 3.05) is 383 Å². The average Bonchev–Trinajstić information content (AvgIpc) is 3.60. The fourth-order valence-electron chi connectivity index (χ4n) is 6.58. The van der Waals surface area contributed by atoms with Crippen LogP contribution < -0.4 is 0 Å². The van der Waals surface area contributed by atoms with Gasteiger partial charge in [-0.15, -0.1) is 0 Å². The Kier molecular flexibility index (Phi) is 85.3. The monoisotopic (exact) mass is 1380 g/mol. The Morgan fingerprint density at radius 3 is 0.372 bits per heavy atom. The molecule has 0 aliphatic rings. The first-order chi connectivity index (χ1) is 46.7. The lowest BCUT2D eigenvalue weighted by atomic mass is 10.3. The van der Waals surface area contributed by atoms with Gasteiger partial charge in [0.1, 0.15) is 6.61 Å². The van der Waals surface area contributed by atoms with Crippen LogP contribution in [0, 0.1) is 0 Å². The Morgan fingerprint density at radius 2 is 0.277 bits per heavy atom. The largest absolute Gasteiger partial charge is 0.460 e. The Balaban J connectivity index is 3.10.